The summed E-state index contributed by atoms with van der Waals surface area (Å²) in [6.45, 7) is 2.45. The van der Waals surface area contributed by atoms with Crippen LogP contribution in [0, 0.1) is 11.8 Å². The summed E-state index contributed by atoms with van der Waals surface area (Å²) in [5.74, 6) is 1.82. The van der Waals surface area contributed by atoms with Gasteiger partial charge in [-0.15, -0.1) is 0 Å². The van der Waals surface area contributed by atoms with E-state index >= 15 is 0 Å². The molecule has 1 aliphatic heterocycles. The minimum absolute atomic E-state index is 0.0375. The van der Waals surface area contributed by atoms with Crippen LogP contribution in [0.2, 0.25) is 0 Å². The molecule has 0 bridgehead atoms. The second kappa shape index (κ2) is 11.3. The molecule has 0 aromatic heterocycles. The largest absolute Gasteiger partial charge is 0.493 e. The number of ether oxygens (including phenoxy) is 2. The van der Waals surface area contributed by atoms with Crippen LogP contribution in [0.4, 0.5) is 0 Å². The predicted octanol–water partition coefficient (Wildman–Crippen LogP) is 4.63. The van der Waals surface area contributed by atoms with Gasteiger partial charge in [0.15, 0.2) is 11.5 Å². The molecular formula is C27H35N3O3. The van der Waals surface area contributed by atoms with Crippen LogP contribution in [-0.2, 0) is 11.3 Å². The highest BCUT2D eigenvalue weighted by atomic mass is 16.5. The van der Waals surface area contributed by atoms with E-state index in [0.29, 0.717) is 18.0 Å². The zero-order valence-corrected chi connectivity index (χ0v) is 19.8. The van der Waals surface area contributed by atoms with Crippen molar-refractivity contribution in [3.05, 3.63) is 59.7 Å². The van der Waals surface area contributed by atoms with E-state index in [0.717, 1.165) is 62.9 Å². The quantitative estimate of drug-likeness (QED) is 0.538. The topological polar surface area (TPSA) is 63.2 Å². The summed E-state index contributed by atoms with van der Waals surface area (Å²) in [6.07, 6.45) is 6.16. The molecule has 4 rings (SSSR count). The number of hydrazone groups is 1. The fourth-order valence-corrected chi connectivity index (χ4v) is 4.97. The van der Waals surface area contributed by atoms with Crippen molar-refractivity contribution in [3.8, 4) is 11.5 Å². The van der Waals surface area contributed by atoms with Crippen molar-refractivity contribution in [2.45, 2.75) is 45.1 Å². The van der Waals surface area contributed by atoms with Crippen LogP contribution in [0.1, 0.15) is 49.7 Å². The molecule has 1 aliphatic carbocycles. The maximum Gasteiger partial charge on any atom is 0.246 e. The zero-order valence-electron chi connectivity index (χ0n) is 19.8. The first kappa shape index (κ1) is 23.3. The molecule has 33 heavy (non-hydrogen) atoms. The lowest BCUT2D eigenvalue weighted by molar-refractivity contribution is -0.139. The van der Waals surface area contributed by atoms with Crippen LogP contribution < -0.4 is 14.8 Å². The van der Waals surface area contributed by atoms with Crippen LogP contribution in [0.5, 0.6) is 11.5 Å². The Labute approximate surface area is 197 Å². The van der Waals surface area contributed by atoms with Crippen LogP contribution in [-0.4, -0.2) is 43.9 Å². The van der Waals surface area contributed by atoms with Gasteiger partial charge in [0.2, 0.25) is 5.91 Å². The molecule has 1 saturated carbocycles. The second-order valence-corrected chi connectivity index (χ2v) is 8.88. The first-order valence-electron chi connectivity index (χ1n) is 12.1. The molecule has 2 atom stereocenters. The number of nitrogens with zero attached hydrogens (tertiary/aromatic N) is 2. The number of rotatable bonds is 10. The number of nitrogens with one attached hydrogen (secondary N) is 1. The zero-order chi connectivity index (χ0) is 23.0. The Morgan fingerprint density at radius 1 is 0.970 bits per heavy atom. The highest BCUT2D eigenvalue weighted by Gasteiger charge is 2.41. The summed E-state index contributed by atoms with van der Waals surface area (Å²) in [4.78, 5) is 13.2. The number of benzene rings is 2. The third-order valence-corrected chi connectivity index (χ3v) is 6.74. The van der Waals surface area contributed by atoms with Gasteiger partial charge in [-0.05, 0) is 56.0 Å². The standard InChI is InChI=1S/C27H35N3O3/c1-32-24-15-14-21(18-25(24)33-2)26-22-12-6-7-13-23(22)27(31)30(29-26)17-9-8-16-28-19-20-10-4-3-5-11-20/h3-5,10-11,14-15,18,22-23,28H,6-9,12-13,16-17,19H2,1-2H3. The molecule has 2 aliphatic rings. The van der Waals surface area contributed by atoms with E-state index in [2.05, 4.69) is 29.6 Å². The summed E-state index contributed by atoms with van der Waals surface area (Å²) in [5.41, 5.74) is 3.32. The monoisotopic (exact) mass is 449 g/mol. The van der Waals surface area contributed by atoms with Gasteiger partial charge in [0.1, 0.15) is 0 Å². The van der Waals surface area contributed by atoms with E-state index in [-0.39, 0.29) is 17.7 Å². The van der Waals surface area contributed by atoms with Gasteiger partial charge in [-0.3, -0.25) is 4.79 Å². The molecule has 6 heteroatoms. The molecule has 1 heterocycles. The van der Waals surface area contributed by atoms with Gasteiger partial charge in [0, 0.05) is 30.5 Å². The Morgan fingerprint density at radius 2 is 1.73 bits per heavy atom. The van der Waals surface area contributed by atoms with E-state index in [1.54, 1.807) is 19.2 Å². The summed E-state index contributed by atoms with van der Waals surface area (Å²) in [5, 5.41) is 10.1. The van der Waals surface area contributed by atoms with Crippen molar-refractivity contribution in [1.29, 1.82) is 0 Å². The number of carbonyl (C=O) groups excluding carboxylic acids is 1. The highest BCUT2D eigenvalue weighted by molar-refractivity contribution is 6.07. The first-order valence-corrected chi connectivity index (χ1v) is 12.1. The SMILES string of the molecule is COc1ccc(C2=NN(CCCCNCc3ccccc3)C(=O)C3CCCCC23)cc1OC. The van der Waals surface area contributed by atoms with Gasteiger partial charge in [0.05, 0.1) is 19.9 Å². The molecular weight excluding hydrogens is 414 g/mol. The molecule has 176 valence electrons. The Kier molecular flexibility index (Phi) is 8.00. The molecule has 2 aromatic rings. The normalized spacial score (nSPS) is 20.2. The van der Waals surface area contributed by atoms with Crippen LogP contribution in [0.3, 0.4) is 0 Å². The van der Waals surface area contributed by atoms with Gasteiger partial charge < -0.3 is 14.8 Å². The van der Waals surface area contributed by atoms with Crippen LogP contribution >= 0.6 is 0 Å². The van der Waals surface area contributed by atoms with Crippen molar-refractivity contribution in [3.63, 3.8) is 0 Å². The lowest BCUT2D eigenvalue weighted by Crippen LogP contribution is -2.46. The van der Waals surface area contributed by atoms with Crippen molar-refractivity contribution < 1.29 is 14.3 Å². The Bertz CT molecular complexity index is 960. The van der Waals surface area contributed by atoms with Gasteiger partial charge in [0.25, 0.3) is 0 Å². The Morgan fingerprint density at radius 3 is 2.48 bits per heavy atom. The number of hydrogen-bond donors (Lipinski definition) is 1. The minimum atomic E-state index is 0.0375. The lowest BCUT2D eigenvalue weighted by atomic mass is 9.73. The first-order chi connectivity index (χ1) is 16.2. The van der Waals surface area contributed by atoms with Gasteiger partial charge in [-0.25, -0.2) is 5.01 Å². The molecule has 2 aromatic carbocycles. The Hall–Kier alpha value is -2.86. The molecule has 0 spiro atoms. The fourth-order valence-electron chi connectivity index (χ4n) is 4.97. The van der Waals surface area contributed by atoms with Crippen molar-refractivity contribution in [2.24, 2.45) is 16.9 Å². The van der Waals surface area contributed by atoms with E-state index in [4.69, 9.17) is 14.6 Å². The van der Waals surface area contributed by atoms with E-state index in [1.807, 2.05) is 24.3 Å². The van der Waals surface area contributed by atoms with Gasteiger partial charge in [-0.2, -0.15) is 5.10 Å². The molecule has 1 amide bonds. The summed E-state index contributed by atoms with van der Waals surface area (Å²) in [7, 11) is 3.29. The number of methoxy groups -OCH3 is 2. The van der Waals surface area contributed by atoms with Crippen LogP contribution in [0.15, 0.2) is 53.6 Å². The van der Waals surface area contributed by atoms with Crippen LogP contribution in [0.25, 0.3) is 0 Å². The molecule has 6 nitrogen and oxygen atoms in total. The van der Waals surface area contributed by atoms with Crippen molar-refractivity contribution >= 4 is 11.6 Å². The number of carbonyl (C=O) groups is 1. The predicted molar refractivity (Wildman–Crippen MR) is 131 cm³/mol. The summed E-state index contributed by atoms with van der Waals surface area (Å²) in [6, 6.07) is 16.4. The molecule has 0 radical (unpaired) electrons. The number of hydrogen-bond acceptors (Lipinski definition) is 5. The smallest absolute Gasteiger partial charge is 0.246 e. The van der Waals surface area contributed by atoms with E-state index in [9.17, 15) is 4.79 Å². The third-order valence-electron chi connectivity index (χ3n) is 6.74. The van der Waals surface area contributed by atoms with E-state index < -0.39 is 0 Å². The maximum absolute atomic E-state index is 13.2. The minimum Gasteiger partial charge on any atom is -0.493 e. The third kappa shape index (κ3) is 5.56. The second-order valence-electron chi connectivity index (χ2n) is 8.88. The average Bonchev–Trinajstić information content (AvgIpc) is 2.87. The molecule has 0 saturated heterocycles. The maximum atomic E-state index is 13.2. The van der Waals surface area contributed by atoms with E-state index in [1.165, 1.54) is 5.56 Å². The molecule has 1 fully saturated rings. The average molecular weight is 450 g/mol. The number of unbranched alkanes of at least 4 members (excludes halogenated alkanes) is 1. The Balaban J connectivity index is 1.41. The van der Waals surface area contributed by atoms with Crippen molar-refractivity contribution in [2.75, 3.05) is 27.3 Å². The molecule has 1 N–H and O–H groups in total. The number of amides is 1. The van der Waals surface area contributed by atoms with Gasteiger partial charge in [-0.1, -0.05) is 43.2 Å². The lowest BCUT2D eigenvalue weighted by Gasteiger charge is -2.38. The molecule has 2 unspecified atom stereocenters. The van der Waals surface area contributed by atoms with Gasteiger partial charge >= 0.3 is 0 Å². The summed E-state index contributed by atoms with van der Waals surface area (Å²) < 4.78 is 10.9. The fraction of sp³-hybridized carbons (Fsp3) is 0.481. The van der Waals surface area contributed by atoms with Crippen molar-refractivity contribution in [1.82, 2.24) is 10.3 Å². The summed E-state index contributed by atoms with van der Waals surface area (Å²) >= 11 is 0. The number of fused-ring (bicyclic) bond motifs is 1. The highest BCUT2D eigenvalue weighted by Crippen LogP contribution is 2.39.